The molecule has 150 valence electrons. The van der Waals surface area contributed by atoms with Gasteiger partial charge in [-0.2, -0.15) is 13.2 Å². The number of halogens is 3. The summed E-state index contributed by atoms with van der Waals surface area (Å²) >= 11 is 0. The van der Waals surface area contributed by atoms with Gasteiger partial charge in [-0.25, -0.2) is 5.48 Å². The van der Waals surface area contributed by atoms with Gasteiger partial charge in [0.25, 0.3) is 5.91 Å². The van der Waals surface area contributed by atoms with Crippen LogP contribution in [0.3, 0.4) is 0 Å². The summed E-state index contributed by atoms with van der Waals surface area (Å²) in [4.78, 5) is 11.7. The fraction of sp³-hybridized carbons (Fsp3) is 0.409. The van der Waals surface area contributed by atoms with Gasteiger partial charge < -0.3 is 0 Å². The summed E-state index contributed by atoms with van der Waals surface area (Å²) in [5.74, 6) is -0.106. The minimum absolute atomic E-state index is 0.121. The van der Waals surface area contributed by atoms with E-state index < -0.39 is 17.6 Å². The summed E-state index contributed by atoms with van der Waals surface area (Å²) in [7, 11) is 0. The first-order chi connectivity index (χ1) is 13.1. The lowest BCUT2D eigenvalue weighted by molar-refractivity contribution is -0.137. The summed E-state index contributed by atoms with van der Waals surface area (Å²) < 4.78 is 38.1. The summed E-state index contributed by atoms with van der Waals surface area (Å²) in [5, 5.41) is 8.84. The van der Waals surface area contributed by atoms with Crippen molar-refractivity contribution in [1.29, 1.82) is 0 Å². The van der Waals surface area contributed by atoms with E-state index in [1.54, 1.807) is 23.7 Å². The van der Waals surface area contributed by atoms with Crippen LogP contribution in [0.15, 0.2) is 42.5 Å². The van der Waals surface area contributed by atoms with Crippen LogP contribution in [0, 0.1) is 5.92 Å². The first-order valence-electron chi connectivity index (χ1n) is 9.34. The molecule has 0 fully saturated rings. The Morgan fingerprint density at radius 2 is 1.86 bits per heavy atom. The molecule has 1 atom stereocenters. The van der Waals surface area contributed by atoms with Crippen molar-refractivity contribution >= 4 is 5.91 Å². The topological polar surface area (TPSA) is 49.3 Å². The monoisotopic (exact) mass is 391 g/mol. The third-order valence-electron chi connectivity index (χ3n) is 5.63. The zero-order valence-electron chi connectivity index (χ0n) is 15.9. The van der Waals surface area contributed by atoms with Crippen LogP contribution < -0.4 is 5.48 Å². The lowest BCUT2D eigenvalue weighted by atomic mass is 9.67. The molecule has 0 heterocycles. The molecule has 1 aliphatic carbocycles. The minimum atomic E-state index is -4.30. The van der Waals surface area contributed by atoms with Crippen molar-refractivity contribution in [2.24, 2.45) is 5.92 Å². The Balaban J connectivity index is 1.70. The van der Waals surface area contributed by atoms with Crippen molar-refractivity contribution in [2.75, 3.05) is 0 Å². The summed E-state index contributed by atoms with van der Waals surface area (Å²) in [6.07, 6.45) is -0.862. The number of rotatable bonds is 4. The summed E-state index contributed by atoms with van der Waals surface area (Å²) in [5.41, 5.74) is 4.56. The van der Waals surface area contributed by atoms with Gasteiger partial charge in [-0.1, -0.05) is 32.0 Å². The molecule has 28 heavy (non-hydrogen) atoms. The van der Waals surface area contributed by atoms with Gasteiger partial charge in [-0.05, 0) is 78.0 Å². The maximum Gasteiger partial charge on any atom is 0.416 e. The molecule has 1 unspecified atom stereocenters. The molecule has 3 rings (SSSR count). The number of aryl methyl sites for hydroxylation is 1. The molecule has 0 radical (unpaired) electrons. The number of nitrogens with one attached hydrogen (secondary N) is 1. The summed E-state index contributed by atoms with van der Waals surface area (Å²) in [6.45, 7) is 4.27. The maximum absolute atomic E-state index is 12.7. The first-order valence-corrected chi connectivity index (χ1v) is 9.34. The Morgan fingerprint density at radius 1 is 1.18 bits per heavy atom. The number of amides is 1. The van der Waals surface area contributed by atoms with Crippen LogP contribution in [0.25, 0.3) is 0 Å². The third kappa shape index (κ3) is 4.38. The maximum atomic E-state index is 12.7. The lowest BCUT2D eigenvalue weighted by Gasteiger charge is -2.38. The zero-order chi connectivity index (χ0) is 20.5. The first kappa shape index (κ1) is 20.4. The number of hydrogen-bond acceptors (Lipinski definition) is 2. The number of carbonyl (C=O) groups is 1. The van der Waals surface area contributed by atoms with Gasteiger partial charge in [-0.15, -0.1) is 0 Å². The average Bonchev–Trinajstić information content (AvgIpc) is 2.64. The molecule has 0 aliphatic heterocycles. The van der Waals surface area contributed by atoms with Crippen molar-refractivity contribution in [3.8, 4) is 0 Å². The van der Waals surface area contributed by atoms with Gasteiger partial charge in [-0.3, -0.25) is 10.0 Å². The number of hydrogen-bond donors (Lipinski definition) is 2. The van der Waals surface area contributed by atoms with Gasteiger partial charge in [0.1, 0.15) is 0 Å². The van der Waals surface area contributed by atoms with E-state index in [-0.39, 0.29) is 5.41 Å². The highest BCUT2D eigenvalue weighted by Crippen LogP contribution is 2.41. The van der Waals surface area contributed by atoms with Crippen LogP contribution in [0.1, 0.15) is 59.3 Å². The van der Waals surface area contributed by atoms with E-state index in [1.165, 1.54) is 5.56 Å². The quantitative estimate of drug-likeness (QED) is 0.549. The number of fused-ring (bicyclic) bond motifs is 1. The second-order valence-electron chi connectivity index (χ2n) is 8.20. The Morgan fingerprint density at radius 3 is 2.46 bits per heavy atom. The summed E-state index contributed by atoms with van der Waals surface area (Å²) in [6, 6.07) is 10.9. The molecule has 2 aromatic rings. The number of alkyl halides is 3. The van der Waals surface area contributed by atoms with E-state index in [9.17, 15) is 18.0 Å². The normalized spacial score (nSPS) is 18.4. The van der Waals surface area contributed by atoms with Gasteiger partial charge in [0.2, 0.25) is 0 Å². The minimum Gasteiger partial charge on any atom is -0.288 e. The highest BCUT2D eigenvalue weighted by Gasteiger charge is 2.33. The number of carbonyl (C=O) groups excluding carboxylic acids is 1. The molecule has 0 bridgehead atoms. The van der Waals surface area contributed by atoms with E-state index in [1.807, 2.05) is 12.1 Å². The lowest BCUT2D eigenvalue weighted by Crippen LogP contribution is -2.31. The standard InChI is InChI=1S/C22H24F3NO2/c1-21(2)13-15(4-3-14-5-9-18(10-6-14)22(23,24)25)11-16-7-8-17(12-19(16)21)20(27)26-28/h5-10,12,15,28H,3-4,11,13H2,1-2H3,(H,26,27). The van der Waals surface area contributed by atoms with Gasteiger partial charge in [0, 0.05) is 5.56 Å². The van der Waals surface area contributed by atoms with Crippen LogP contribution in [0.4, 0.5) is 13.2 Å². The van der Waals surface area contributed by atoms with Crippen LogP contribution in [-0.2, 0) is 24.4 Å². The number of hydroxylamine groups is 1. The molecule has 3 nitrogen and oxygen atoms in total. The molecule has 0 spiro atoms. The highest BCUT2D eigenvalue weighted by atomic mass is 19.4. The van der Waals surface area contributed by atoms with Crippen LogP contribution in [0.2, 0.25) is 0 Å². The molecular weight excluding hydrogens is 367 g/mol. The Bertz CT molecular complexity index is 857. The molecule has 2 N–H and O–H groups in total. The van der Waals surface area contributed by atoms with Gasteiger partial charge >= 0.3 is 6.18 Å². The van der Waals surface area contributed by atoms with Crippen molar-refractivity contribution in [3.05, 3.63) is 70.3 Å². The van der Waals surface area contributed by atoms with E-state index in [0.717, 1.165) is 48.9 Å². The highest BCUT2D eigenvalue weighted by molar-refractivity contribution is 5.93. The molecule has 0 saturated heterocycles. The van der Waals surface area contributed by atoms with Crippen LogP contribution in [-0.4, -0.2) is 11.1 Å². The fourth-order valence-electron chi connectivity index (χ4n) is 4.24. The molecule has 0 saturated carbocycles. The van der Waals surface area contributed by atoms with Gasteiger partial charge in [0.05, 0.1) is 5.56 Å². The Hall–Kier alpha value is -2.34. The molecular formula is C22H24F3NO2. The average molecular weight is 391 g/mol. The van der Waals surface area contributed by atoms with E-state index in [4.69, 9.17) is 5.21 Å². The second kappa shape index (κ2) is 7.59. The second-order valence-corrected chi connectivity index (χ2v) is 8.20. The molecule has 0 aromatic heterocycles. The van der Waals surface area contributed by atoms with Crippen molar-refractivity contribution < 1.29 is 23.2 Å². The SMILES string of the molecule is CC1(C)CC(CCc2ccc(C(F)(F)F)cc2)Cc2ccc(C(=O)NO)cc21. The Kier molecular flexibility index (Phi) is 5.53. The molecule has 1 amide bonds. The molecule has 6 heteroatoms. The van der Waals surface area contributed by atoms with Crippen LogP contribution in [0.5, 0.6) is 0 Å². The number of benzene rings is 2. The van der Waals surface area contributed by atoms with Crippen molar-refractivity contribution in [3.63, 3.8) is 0 Å². The predicted molar refractivity (Wildman–Crippen MR) is 100 cm³/mol. The zero-order valence-corrected chi connectivity index (χ0v) is 15.9. The van der Waals surface area contributed by atoms with Gasteiger partial charge in [0.15, 0.2) is 0 Å². The largest absolute Gasteiger partial charge is 0.416 e. The molecule has 1 aliphatic rings. The fourth-order valence-corrected chi connectivity index (χ4v) is 4.24. The molecule has 2 aromatic carbocycles. The van der Waals surface area contributed by atoms with E-state index in [2.05, 4.69) is 13.8 Å². The predicted octanol–water partition coefficient (Wildman–Crippen LogP) is 5.30. The third-order valence-corrected chi connectivity index (χ3v) is 5.63. The van der Waals surface area contributed by atoms with Crippen molar-refractivity contribution in [2.45, 2.75) is 51.1 Å². The van der Waals surface area contributed by atoms with E-state index >= 15 is 0 Å². The van der Waals surface area contributed by atoms with Crippen LogP contribution >= 0.6 is 0 Å². The smallest absolute Gasteiger partial charge is 0.288 e. The van der Waals surface area contributed by atoms with Crippen molar-refractivity contribution in [1.82, 2.24) is 5.48 Å². The van der Waals surface area contributed by atoms with E-state index in [0.29, 0.717) is 11.5 Å². The Labute approximate surface area is 162 Å².